The normalized spacial score (nSPS) is 11.4. The Bertz CT molecular complexity index is 758. The molecule has 1 amide bonds. The largest absolute Gasteiger partial charge is 0.493 e. The van der Waals surface area contributed by atoms with Gasteiger partial charge in [0.2, 0.25) is 6.10 Å². The van der Waals surface area contributed by atoms with Crippen molar-refractivity contribution in [2.75, 3.05) is 27.8 Å². The monoisotopic (exact) mass is 357 g/mol. The fraction of sp³-hybridized carbons (Fsp3) is 0.300. The number of benzene rings is 2. The zero-order valence-corrected chi connectivity index (χ0v) is 15.4. The second-order valence-corrected chi connectivity index (χ2v) is 5.73. The zero-order valence-electron chi connectivity index (χ0n) is 15.4. The molecule has 0 saturated carbocycles. The molecule has 0 N–H and O–H groups in total. The van der Waals surface area contributed by atoms with E-state index in [9.17, 15) is 9.59 Å². The fourth-order valence-corrected chi connectivity index (χ4v) is 2.37. The molecule has 0 unspecified atom stereocenters. The highest BCUT2D eigenvalue weighted by Crippen LogP contribution is 2.29. The Kier molecular flexibility index (Phi) is 6.60. The lowest BCUT2D eigenvalue weighted by atomic mass is 10.1. The summed E-state index contributed by atoms with van der Waals surface area (Å²) in [5, 5.41) is 0. The third kappa shape index (κ3) is 4.53. The number of carbonyl (C=O) groups excluding carboxylic acids is 2. The molecule has 0 aromatic heterocycles. The molecule has 0 heterocycles. The SMILES string of the molecule is CCOc1ccc(C(=O)O[C@@H](C(=O)N(C)C)c2ccccc2)cc1OC. The van der Waals surface area contributed by atoms with Crippen LogP contribution in [-0.4, -0.2) is 44.6 Å². The predicted molar refractivity (Wildman–Crippen MR) is 97.5 cm³/mol. The number of likely N-dealkylation sites (N-methyl/N-ethyl adjacent to an activating group) is 1. The van der Waals surface area contributed by atoms with Crippen molar-refractivity contribution in [3.8, 4) is 11.5 Å². The number of esters is 1. The first-order valence-electron chi connectivity index (χ1n) is 8.25. The number of ether oxygens (including phenoxy) is 3. The van der Waals surface area contributed by atoms with Crippen molar-refractivity contribution in [3.05, 3.63) is 59.7 Å². The van der Waals surface area contributed by atoms with Gasteiger partial charge in [0, 0.05) is 19.7 Å². The molecule has 0 fully saturated rings. The van der Waals surface area contributed by atoms with Gasteiger partial charge in [-0.05, 0) is 25.1 Å². The van der Waals surface area contributed by atoms with Crippen LogP contribution in [0.4, 0.5) is 0 Å². The standard InChI is InChI=1S/C20H23NO5/c1-5-25-16-12-11-15(13-17(16)24-4)20(23)26-18(19(22)21(2)3)14-9-7-6-8-10-14/h6-13,18H,5H2,1-4H3/t18-/m1/s1. The first-order valence-corrected chi connectivity index (χ1v) is 8.25. The van der Waals surface area contributed by atoms with E-state index in [0.29, 0.717) is 23.7 Å². The molecule has 0 bridgehead atoms. The van der Waals surface area contributed by atoms with Gasteiger partial charge in [-0.2, -0.15) is 0 Å². The minimum atomic E-state index is -1.02. The molecule has 1 atom stereocenters. The third-order valence-electron chi connectivity index (χ3n) is 3.69. The molecule has 2 aromatic rings. The lowest BCUT2D eigenvalue weighted by Gasteiger charge is -2.21. The lowest BCUT2D eigenvalue weighted by molar-refractivity contribution is -0.138. The molecule has 2 aromatic carbocycles. The number of hydrogen-bond acceptors (Lipinski definition) is 5. The van der Waals surface area contributed by atoms with Gasteiger partial charge >= 0.3 is 5.97 Å². The Hall–Kier alpha value is -3.02. The highest BCUT2D eigenvalue weighted by atomic mass is 16.5. The summed E-state index contributed by atoms with van der Waals surface area (Å²) in [4.78, 5) is 26.5. The van der Waals surface area contributed by atoms with Crippen molar-refractivity contribution in [2.45, 2.75) is 13.0 Å². The lowest BCUT2D eigenvalue weighted by Crippen LogP contribution is -2.31. The van der Waals surface area contributed by atoms with E-state index in [1.165, 1.54) is 18.1 Å². The highest BCUT2D eigenvalue weighted by molar-refractivity contribution is 5.93. The molecule has 0 saturated heterocycles. The van der Waals surface area contributed by atoms with Crippen LogP contribution in [0.2, 0.25) is 0 Å². The van der Waals surface area contributed by atoms with Crippen LogP contribution in [0.25, 0.3) is 0 Å². The number of nitrogens with zero attached hydrogens (tertiary/aromatic N) is 1. The Morgan fingerprint density at radius 2 is 1.73 bits per heavy atom. The van der Waals surface area contributed by atoms with Crippen LogP contribution in [-0.2, 0) is 9.53 Å². The summed E-state index contributed by atoms with van der Waals surface area (Å²) in [5.74, 6) is 0.0323. The smallest absolute Gasteiger partial charge is 0.339 e. The summed E-state index contributed by atoms with van der Waals surface area (Å²) in [7, 11) is 4.73. The number of methoxy groups -OCH3 is 1. The van der Waals surface area contributed by atoms with Crippen molar-refractivity contribution < 1.29 is 23.8 Å². The predicted octanol–water partition coefficient (Wildman–Crippen LogP) is 3.08. The van der Waals surface area contributed by atoms with E-state index in [4.69, 9.17) is 14.2 Å². The van der Waals surface area contributed by atoms with E-state index in [0.717, 1.165) is 0 Å². The minimum absolute atomic E-state index is 0.276. The van der Waals surface area contributed by atoms with Crippen LogP contribution in [0, 0.1) is 0 Å². The molecule has 2 rings (SSSR count). The summed E-state index contributed by atoms with van der Waals surface area (Å²) in [6.45, 7) is 2.34. The van der Waals surface area contributed by atoms with Gasteiger partial charge in [-0.25, -0.2) is 4.79 Å². The van der Waals surface area contributed by atoms with Gasteiger partial charge in [-0.1, -0.05) is 30.3 Å². The van der Waals surface area contributed by atoms with Crippen LogP contribution in [0.1, 0.15) is 28.9 Å². The Labute approximate surface area is 153 Å². The van der Waals surface area contributed by atoms with E-state index in [-0.39, 0.29) is 11.5 Å². The molecule has 6 heteroatoms. The van der Waals surface area contributed by atoms with Crippen LogP contribution in [0.15, 0.2) is 48.5 Å². The number of hydrogen-bond donors (Lipinski definition) is 0. The molecule has 138 valence electrons. The maximum absolute atomic E-state index is 12.6. The fourth-order valence-electron chi connectivity index (χ4n) is 2.37. The number of carbonyl (C=O) groups is 2. The molecule has 0 spiro atoms. The maximum Gasteiger partial charge on any atom is 0.339 e. The van der Waals surface area contributed by atoms with E-state index in [1.807, 2.05) is 13.0 Å². The summed E-state index contributed by atoms with van der Waals surface area (Å²) < 4.78 is 16.2. The molecule has 0 radical (unpaired) electrons. The van der Waals surface area contributed by atoms with Crippen LogP contribution in [0.3, 0.4) is 0 Å². The summed E-state index contributed by atoms with van der Waals surface area (Å²) in [6, 6.07) is 13.7. The molecular formula is C20H23NO5. The van der Waals surface area contributed by atoms with Gasteiger partial charge in [-0.3, -0.25) is 4.79 Å². The summed E-state index contributed by atoms with van der Waals surface area (Å²) in [6.07, 6.45) is -1.02. The number of amides is 1. The van der Waals surface area contributed by atoms with E-state index in [1.54, 1.807) is 50.5 Å². The Balaban J connectivity index is 2.28. The number of rotatable bonds is 7. The first-order chi connectivity index (χ1) is 12.5. The first kappa shape index (κ1) is 19.3. The molecule has 26 heavy (non-hydrogen) atoms. The van der Waals surface area contributed by atoms with Crippen molar-refractivity contribution in [2.24, 2.45) is 0 Å². The Morgan fingerprint density at radius 1 is 1.04 bits per heavy atom. The molecule has 0 aliphatic carbocycles. The topological polar surface area (TPSA) is 65.1 Å². The molecular weight excluding hydrogens is 334 g/mol. The average molecular weight is 357 g/mol. The second kappa shape index (κ2) is 8.89. The van der Waals surface area contributed by atoms with Gasteiger partial charge in [0.25, 0.3) is 5.91 Å². The highest BCUT2D eigenvalue weighted by Gasteiger charge is 2.27. The van der Waals surface area contributed by atoms with Gasteiger partial charge in [0.15, 0.2) is 11.5 Å². The van der Waals surface area contributed by atoms with Gasteiger partial charge in [-0.15, -0.1) is 0 Å². The Morgan fingerprint density at radius 3 is 2.31 bits per heavy atom. The van der Waals surface area contributed by atoms with Crippen molar-refractivity contribution in [1.82, 2.24) is 4.90 Å². The van der Waals surface area contributed by atoms with Crippen LogP contribution >= 0.6 is 0 Å². The van der Waals surface area contributed by atoms with Gasteiger partial charge < -0.3 is 19.1 Å². The van der Waals surface area contributed by atoms with E-state index in [2.05, 4.69) is 0 Å². The van der Waals surface area contributed by atoms with Gasteiger partial charge in [0.1, 0.15) is 0 Å². The second-order valence-electron chi connectivity index (χ2n) is 5.73. The zero-order chi connectivity index (χ0) is 19.1. The van der Waals surface area contributed by atoms with Crippen molar-refractivity contribution >= 4 is 11.9 Å². The molecule has 6 nitrogen and oxygen atoms in total. The van der Waals surface area contributed by atoms with Crippen LogP contribution in [0.5, 0.6) is 11.5 Å². The average Bonchev–Trinajstić information content (AvgIpc) is 2.66. The van der Waals surface area contributed by atoms with Crippen molar-refractivity contribution in [1.29, 1.82) is 0 Å². The summed E-state index contributed by atoms with van der Waals surface area (Å²) >= 11 is 0. The molecule has 0 aliphatic heterocycles. The van der Waals surface area contributed by atoms with Gasteiger partial charge in [0.05, 0.1) is 19.3 Å². The summed E-state index contributed by atoms with van der Waals surface area (Å²) in [5.41, 5.74) is 0.884. The van der Waals surface area contributed by atoms with Crippen molar-refractivity contribution in [3.63, 3.8) is 0 Å². The maximum atomic E-state index is 12.6. The van der Waals surface area contributed by atoms with E-state index < -0.39 is 12.1 Å². The third-order valence-corrected chi connectivity index (χ3v) is 3.69. The van der Waals surface area contributed by atoms with Crippen LogP contribution < -0.4 is 9.47 Å². The minimum Gasteiger partial charge on any atom is -0.493 e. The van der Waals surface area contributed by atoms with E-state index >= 15 is 0 Å². The molecule has 0 aliphatic rings. The quantitative estimate of drug-likeness (QED) is 0.713.